The van der Waals surface area contributed by atoms with Crippen LogP contribution in [0.25, 0.3) is 0 Å². The van der Waals surface area contributed by atoms with Crippen molar-refractivity contribution in [2.45, 2.75) is 13.3 Å². The van der Waals surface area contributed by atoms with Crippen LogP contribution in [0, 0.1) is 6.92 Å². The first kappa shape index (κ1) is 19.8. The van der Waals surface area contributed by atoms with Crippen LogP contribution in [0.4, 0.5) is 23.1 Å². The van der Waals surface area contributed by atoms with Gasteiger partial charge < -0.3 is 10.6 Å². The number of nitrogens with zero attached hydrogens (tertiary/aromatic N) is 3. The van der Waals surface area contributed by atoms with Crippen LogP contribution in [0.5, 0.6) is 0 Å². The first-order valence-electron chi connectivity index (χ1n) is 8.37. The van der Waals surface area contributed by atoms with Gasteiger partial charge in [-0.05, 0) is 36.8 Å². The SMILES string of the molecule is C=CC(=O)Cc1cc(C)ccc1Nc1nc(Nc2ccnc(Cl)c2)ncc1Cl. The fourth-order valence-corrected chi connectivity index (χ4v) is 2.81. The number of carbonyl (C=O) groups excluding carboxylic acids is 1. The van der Waals surface area contributed by atoms with Crippen molar-refractivity contribution >= 4 is 52.1 Å². The number of rotatable bonds is 7. The average Bonchev–Trinajstić information content (AvgIpc) is 2.66. The van der Waals surface area contributed by atoms with Crippen LogP contribution >= 0.6 is 23.2 Å². The van der Waals surface area contributed by atoms with E-state index < -0.39 is 0 Å². The second kappa shape index (κ2) is 8.82. The third-order valence-electron chi connectivity index (χ3n) is 3.83. The Balaban J connectivity index is 1.88. The maximum absolute atomic E-state index is 11.8. The molecule has 3 rings (SSSR count). The van der Waals surface area contributed by atoms with Crippen molar-refractivity contribution in [3.05, 3.63) is 76.7 Å². The number of halogens is 2. The zero-order valence-electron chi connectivity index (χ0n) is 15.0. The summed E-state index contributed by atoms with van der Waals surface area (Å²) in [5, 5.41) is 6.94. The van der Waals surface area contributed by atoms with Crippen molar-refractivity contribution in [2.24, 2.45) is 0 Å². The van der Waals surface area contributed by atoms with Gasteiger partial charge in [-0.2, -0.15) is 4.98 Å². The van der Waals surface area contributed by atoms with Crippen molar-refractivity contribution in [1.29, 1.82) is 0 Å². The Kier molecular flexibility index (Phi) is 6.23. The van der Waals surface area contributed by atoms with Crippen LogP contribution in [0.15, 0.2) is 55.4 Å². The fourth-order valence-electron chi connectivity index (χ4n) is 2.50. The minimum absolute atomic E-state index is 0.0700. The number of ketones is 1. The lowest BCUT2D eigenvalue weighted by Gasteiger charge is -2.14. The minimum atomic E-state index is -0.0700. The largest absolute Gasteiger partial charge is 0.339 e. The lowest BCUT2D eigenvalue weighted by molar-refractivity contribution is -0.114. The normalized spacial score (nSPS) is 10.4. The molecule has 0 fully saturated rings. The molecule has 6 nitrogen and oxygen atoms in total. The van der Waals surface area contributed by atoms with Crippen LogP contribution in [-0.4, -0.2) is 20.7 Å². The summed E-state index contributed by atoms with van der Waals surface area (Å²) in [4.78, 5) is 24.4. The molecule has 2 N–H and O–H groups in total. The van der Waals surface area contributed by atoms with Gasteiger partial charge in [0.2, 0.25) is 5.95 Å². The van der Waals surface area contributed by atoms with Crippen molar-refractivity contribution in [3.63, 3.8) is 0 Å². The Morgan fingerprint density at radius 3 is 2.75 bits per heavy atom. The molecule has 0 aliphatic carbocycles. The smallest absolute Gasteiger partial charge is 0.229 e. The highest BCUT2D eigenvalue weighted by Gasteiger charge is 2.11. The summed E-state index contributed by atoms with van der Waals surface area (Å²) in [7, 11) is 0. The molecule has 2 heterocycles. The number of hydrogen-bond donors (Lipinski definition) is 2. The lowest BCUT2D eigenvalue weighted by Crippen LogP contribution is -2.05. The van der Waals surface area contributed by atoms with Crippen LogP contribution in [0.2, 0.25) is 10.2 Å². The molecule has 0 saturated heterocycles. The number of aromatic nitrogens is 3. The summed E-state index contributed by atoms with van der Waals surface area (Å²) in [6.45, 7) is 5.49. The Morgan fingerprint density at radius 2 is 2.00 bits per heavy atom. The molecule has 0 spiro atoms. The molecule has 0 radical (unpaired) electrons. The molecular weight excluding hydrogens is 397 g/mol. The second-order valence-corrected chi connectivity index (χ2v) is 6.81. The Hall–Kier alpha value is -2.96. The number of aryl methyl sites for hydroxylation is 1. The number of benzene rings is 1. The van der Waals surface area contributed by atoms with Gasteiger partial charge in [0.15, 0.2) is 11.6 Å². The van der Waals surface area contributed by atoms with Gasteiger partial charge in [-0.3, -0.25) is 4.79 Å². The van der Waals surface area contributed by atoms with E-state index in [0.29, 0.717) is 27.6 Å². The lowest BCUT2D eigenvalue weighted by atomic mass is 10.0. The summed E-state index contributed by atoms with van der Waals surface area (Å²) in [5.41, 5.74) is 3.30. The van der Waals surface area contributed by atoms with Gasteiger partial charge >= 0.3 is 0 Å². The monoisotopic (exact) mass is 413 g/mol. The van der Waals surface area contributed by atoms with Crippen molar-refractivity contribution in [1.82, 2.24) is 15.0 Å². The molecule has 28 heavy (non-hydrogen) atoms. The van der Waals surface area contributed by atoms with E-state index in [4.69, 9.17) is 23.2 Å². The predicted octanol–water partition coefficient (Wildman–Crippen LogP) is 5.27. The quantitative estimate of drug-likeness (QED) is 0.405. The van der Waals surface area contributed by atoms with Crippen LogP contribution in [0.3, 0.4) is 0 Å². The molecule has 2 aromatic heterocycles. The highest BCUT2D eigenvalue weighted by molar-refractivity contribution is 6.33. The second-order valence-electron chi connectivity index (χ2n) is 6.02. The molecule has 0 bridgehead atoms. The Morgan fingerprint density at radius 1 is 1.18 bits per heavy atom. The third-order valence-corrected chi connectivity index (χ3v) is 4.32. The van der Waals surface area contributed by atoms with Gasteiger partial charge in [0.05, 0.1) is 6.20 Å². The van der Waals surface area contributed by atoms with E-state index >= 15 is 0 Å². The number of nitrogens with one attached hydrogen (secondary N) is 2. The summed E-state index contributed by atoms with van der Waals surface area (Å²) >= 11 is 12.2. The molecule has 3 aromatic rings. The highest BCUT2D eigenvalue weighted by Crippen LogP contribution is 2.28. The first-order chi connectivity index (χ1) is 13.4. The van der Waals surface area contributed by atoms with Gasteiger partial charge in [-0.15, -0.1) is 0 Å². The summed E-state index contributed by atoms with van der Waals surface area (Å²) in [5.74, 6) is 0.680. The van der Waals surface area contributed by atoms with Crippen LogP contribution in [-0.2, 0) is 11.2 Å². The van der Waals surface area contributed by atoms with E-state index in [2.05, 4.69) is 32.2 Å². The van der Waals surface area contributed by atoms with E-state index in [1.165, 1.54) is 12.3 Å². The molecule has 1 aromatic carbocycles. The maximum atomic E-state index is 11.8. The molecule has 0 amide bonds. The van der Waals surface area contributed by atoms with Gasteiger partial charge in [0.25, 0.3) is 0 Å². The van der Waals surface area contributed by atoms with Crippen molar-refractivity contribution < 1.29 is 4.79 Å². The topological polar surface area (TPSA) is 79.8 Å². The van der Waals surface area contributed by atoms with E-state index in [1.54, 1.807) is 18.3 Å². The predicted molar refractivity (Wildman–Crippen MR) is 113 cm³/mol. The van der Waals surface area contributed by atoms with Crippen molar-refractivity contribution in [2.75, 3.05) is 10.6 Å². The van der Waals surface area contributed by atoms with Gasteiger partial charge in [0.1, 0.15) is 10.2 Å². The summed E-state index contributed by atoms with van der Waals surface area (Å²) in [6, 6.07) is 9.17. The van der Waals surface area contributed by atoms with Crippen molar-refractivity contribution in [3.8, 4) is 0 Å². The standard InChI is InChI=1S/C20H17Cl2N5O/c1-3-15(28)9-13-8-12(2)4-5-17(13)26-19-16(21)11-24-20(27-19)25-14-6-7-23-18(22)10-14/h3-8,10-11H,1,9H2,2H3,(H2,23,24,25,26,27). The first-order valence-corrected chi connectivity index (χ1v) is 9.13. The number of allylic oxidation sites excluding steroid dienone is 1. The molecule has 8 heteroatoms. The van der Waals surface area contributed by atoms with Gasteiger partial charge in [0, 0.05) is 24.0 Å². The fraction of sp³-hybridized carbons (Fsp3) is 0.100. The minimum Gasteiger partial charge on any atom is -0.339 e. The molecule has 0 atom stereocenters. The van der Waals surface area contributed by atoms with E-state index in [1.807, 2.05) is 25.1 Å². The van der Waals surface area contributed by atoms with E-state index in [-0.39, 0.29) is 12.2 Å². The molecule has 0 aliphatic rings. The van der Waals surface area contributed by atoms with E-state index in [9.17, 15) is 4.79 Å². The third kappa shape index (κ3) is 5.06. The molecular formula is C20H17Cl2N5O. The Bertz CT molecular complexity index is 1040. The highest BCUT2D eigenvalue weighted by atomic mass is 35.5. The molecule has 0 aliphatic heterocycles. The van der Waals surface area contributed by atoms with E-state index in [0.717, 1.165) is 16.8 Å². The number of carbonyl (C=O) groups is 1. The molecule has 0 saturated carbocycles. The zero-order chi connectivity index (χ0) is 20.1. The maximum Gasteiger partial charge on any atom is 0.229 e. The number of anilines is 4. The van der Waals surface area contributed by atoms with Crippen LogP contribution < -0.4 is 10.6 Å². The van der Waals surface area contributed by atoms with Gasteiger partial charge in [-0.25, -0.2) is 9.97 Å². The van der Waals surface area contributed by atoms with Crippen LogP contribution in [0.1, 0.15) is 11.1 Å². The summed E-state index contributed by atoms with van der Waals surface area (Å²) in [6.07, 6.45) is 4.61. The van der Waals surface area contributed by atoms with Gasteiger partial charge in [-0.1, -0.05) is 47.5 Å². The molecule has 0 unspecified atom stereocenters. The number of pyridine rings is 1. The molecule has 142 valence electrons. The summed E-state index contributed by atoms with van der Waals surface area (Å²) < 4.78 is 0. The number of hydrogen-bond acceptors (Lipinski definition) is 6. The average molecular weight is 414 g/mol. The Labute approximate surface area is 172 Å². The zero-order valence-corrected chi connectivity index (χ0v) is 16.6.